The number of allylic oxidation sites excluding steroid dienone is 16. The number of carbonyl (C=O) groups is 4. The summed E-state index contributed by atoms with van der Waals surface area (Å²) in [5.41, 5.74) is 0. The van der Waals surface area contributed by atoms with E-state index in [1.165, 1.54) is 64.2 Å². The van der Waals surface area contributed by atoms with E-state index in [0.29, 0.717) is 25.7 Å². The van der Waals surface area contributed by atoms with Crippen LogP contribution in [0.3, 0.4) is 0 Å². The second-order valence-corrected chi connectivity index (χ2v) is 29.2. The zero-order chi connectivity index (χ0) is 73.2. The summed E-state index contributed by atoms with van der Waals surface area (Å²) >= 11 is 0. The van der Waals surface area contributed by atoms with Gasteiger partial charge in [0.15, 0.2) is 12.2 Å². The Balaban J connectivity index is 5.30. The molecular formula is C81H142O17P2. The highest BCUT2D eigenvalue weighted by molar-refractivity contribution is 7.47. The maximum absolute atomic E-state index is 13.1. The van der Waals surface area contributed by atoms with E-state index in [1.807, 2.05) is 0 Å². The Hall–Kier alpha value is -4.02. The molecule has 100 heavy (non-hydrogen) atoms. The van der Waals surface area contributed by atoms with Crippen LogP contribution in [-0.2, 0) is 65.4 Å². The van der Waals surface area contributed by atoms with Crippen LogP contribution in [0.25, 0.3) is 0 Å². The van der Waals surface area contributed by atoms with Crippen molar-refractivity contribution in [1.82, 2.24) is 0 Å². The SMILES string of the molecule is CC/C=C\C/C=C\C/C=C\C/C=C\CCCCCCCCC(=O)OCC(COP(=O)(O)OCC(O)COP(=O)(O)OCC(COC(=O)CCCCCCCCC/C=C\C/C=C\C/C=C\CC)OC(=O)CCCCCCC/C=C\CCCCCC)OC(=O)CCCCCCCCCCCCC. The number of rotatable bonds is 74. The topological polar surface area (TPSA) is 237 Å². The Morgan fingerprint density at radius 1 is 0.290 bits per heavy atom. The Labute approximate surface area is 607 Å². The number of phosphoric ester groups is 2. The van der Waals surface area contributed by atoms with Crippen LogP contribution in [0.4, 0.5) is 0 Å². The third-order valence-electron chi connectivity index (χ3n) is 16.5. The smallest absolute Gasteiger partial charge is 0.462 e. The van der Waals surface area contributed by atoms with Crippen molar-refractivity contribution in [3.8, 4) is 0 Å². The van der Waals surface area contributed by atoms with Gasteiger partial charge in [-0.15, -0.1) is 0 Å². The highest BCUT2D eigenvalue weighted by atomic mass is 31.2. The van der Waals surface area contributed by atoms with Crippen LogP contribution in [0, 0.1) is 0 Å². The lowest BCUT2D eigenvalue weighted by Crippen LogP contribution is -2.30. The van der Waals surface area contributed by atoms with Crippen LogP contribution in [-0.4, -0.2) is 96.7 Å². The van der Waals surface area contributed by atoms with Crippen LogP contribution < -0.4 is 0 Å². The number of aliphatic hydroxyl groups excluding tert-OH is 1. The van der Waals surface area contributed by atoms with Gasteiger partial charge in [-0.05, 0) is 122 Å². The molecule has 578 valence electrons. The number of hydrogen-bond acceptors (Lipinski definition) is 15. The predicted molar refractivity (Wildman–Crippen MR) is 409 cm³/mol. The molecule has 5 atom stereocenters. The molecular weight excluding hydrogens is 1310 g/mol. The monoisotopic (exact) mass is 1450 g/mol. The minimum atomic E-state index is -4.98. The summed E-state index contributed by atoms with van der Waals surface area (Å²) in [6.45, 7) is 4.63. The zero-order valence-corrected chi connectivity index (χ0v) is 64.9. The Morgan fingerprint density at radius 3 is 0.820 bits per heavy atom. The maximum Gasteiger partial charge on any atom is 0.472 e. The van der Waals surface area contributed by atoms with Crippen molar-refractivity contribution >= 4 is 39.5 Å². The summed E-state index contributed by atoms with van der Waals surface area (Å²) in [5, 5.41) is 10.6. The van der Waals surface area contributed by atoms with Gasteiger partial charge in [0.2, 0.25) is 0 Å². The molecule has 0 spiro atoms. The maximum atomic E-state index is 13.1. The van der Waals surface area contributed by atoms with Gasteiger partial charge in [-0.1, -0.05) is 285 Å². The van der Waals surface area contributed by atoms with Crippen LogP contribution in [0.15, 0.2) is 97.2 Å². The molecule has 5 unspecified atom stereocenters. The first kappa shape index (κ1) is 96.0. The minimum absolute atomic E-state index is 0.0837. The van der Waals surface area contributed by atoms with Crippen molar-refractivity contribution in [3.63, 3.8) is 0 Å². The van der Waals surface area contributed by atoms with E-state index in [4.69, 9.17) is 37.0 Å². The first-order valence-electron chi connectivity index (χ1n) is 39.5. The fraction of sp³-hybridized carbons (Fsp3) is 0.753. The third-order valence-corrected chi connectivity index (χ3v) is 18.4. The first-order valence-corrected chi connectivity index (χ1v) is 42.5. The van der Waals surface area contributed by atoms with Crippen LogP contribution in [0.1, 0.15) is 336 Å². The van der Waals surface area contributed by atoms with Gasteiger partial charge in [0.1, 0.15) is 19.3 Å². The van der Waals surface area contributed by atoms with E-state index < -0.39 is 97.5 Å². The third kappa shape index (κ3) is 72.3. The number of ether oxygens (including phenoxy) is 4. The predicted octanol–water partition coefficient (Wildman–Crippen LogP) is 22.8. The van der Waals surface area contributed by atoms with Gasteiger partial charge < -0.3 is 33.8 Å². The molecule has 0 aromatic heterocycles. The largest absolute Gasteiger partial charge is 0.472 e. The molecule has 3 N–H and O–H groups in total. The average Bonchev–Trinajstić information content (AvgIpc) is 1.02. The number of phosphoric acid groups is 2. The van der Waals surface area contributed by atoms with Gasteiger partial charge in [0.05, 0.1) is 26.4 Å². The Morgan fingerprint density at radius 2 is 0.520 bits per heavy atom. The van der Waals surface area contributed by atoms with Crippen molar-refractivity contribution in [3.05, 3.63) is 97.2 Å². The summed E-state index contributed by atoms with van der Waals surface area (Å²) in [6, 6.07) is 0. The minimum Gasteiger partial charge on any atom is -0.462 e. The average molecular weight is 1450 g/mol. The Bertz CT molecular complexity index is 2270. The molecule has 0 saturated heterocycles. The molecule has 0 aliphatic rings. The number of aliphatic hydroxyl groups is 1. The fourth-order valence-corrected chi connectivity index (χ4v) is 12.2. The van der Waals surface area contributed by atoms with Crippen LogP contribution in [0.5, 0.6) is 0 Å². The van der Waals surface area contributed by atoms with Crippen molar-refractivity contribution < 1.29 is 80.2 Å². The second-order valence-electron chi connectivity index (χ2n) is 26.2. The number of esters is 4. The number of hydrogen-bond donors (Lipinski definition) is 3. The van der Waals surface area contributed by atoms with E-state index in [9.17, 15) is 43.2 Å². The molecule has 0 saturated carbocycles. The van der Waals surface area contributed by atoms with Crippen molar-refractivity contribution in [2.24, 2.45) is 0 Å². The van der Waals surface area contributed by atoms with E-state index in [1.54, 1.807) is 0 Å². The van der Waals surface area contributed by atoms with Gasteiger partial charge in [-0.25, -0.2) is 9.13 Å². The summed E-state index contributed by atoms with van der Waals surface area (Å²) in [4.78, 5) is 72.9. The quantitative estimate of drug-likeness (QED) is 0.0169. The fourth-order valence-electron chi connectivity index (χ4n) is 10.6. The molecule has 0 aliphatic heterocycles. The van der Waals surface area contributed by atoms with Crippen molar-refractivity contribution in [2.45, 2.75) is 354 Å². The lowest BCUT2D eigenvalue weighted by atomic mass is 10.1. The highest BCUT2D eigenvalue weighted by Gasteiger charge is 2.30. The highest BCUT2D eigenvalue weighted by Crippen LogP contribution is 2.45. The molecule has 0 fully saturated rings. The molecule has 19 heteroatoms. The van der Waals surface area contributed by atoms with Crippen molar-refractivity contribution in [2.75, 3.05) is 39.6 Å². The molecule has 0 aliphatic carbocycles. The molecule has 0 aromatic carbocycles. The van der Waals surface area contributed by atoms with Gasteiger partial charge >= 0.3 is 39.5 Å². The lowest BCUT2D eigenvalue weighted by Gasteiger charge is -2.21. The molecule has 0 aromatic rings. The van der Waals surface area contributed by atoms with Gasteiger partial charge in [0.25, 0.3) is 0 Å². The van der Waals surface area contributed by atoms with E-state index in [-0.39, 0.29) is 25.7 Å². The molecule has 0 heterocycles. The molecule has 0 rings (SSSR count). The van der Waals surface area contributed by atoms with Gasteiger partial charge in [-0.2, -0.15) is 0 Å². The lowest BCUT2D eigenvalue weighted by molar-refractivity contribution is -0.161. The van der Waals surface area contributed by atoms with Crippen molar-refractivity contribution in [1.29, 1.82) is 0 Å². The summed E-state index contributed by atoms with van der Waals surface area (Å²) in [5.74, 6) is -2.19. The number of carbonyl (C=O) groups excluding carboxylic acids is 4. The van der Waals surface area contributed by atoms with E-state index >= 15 is 0 Å². The first-order chi connectivity index (χ1) is 48.7. The van der Waals surface area contributed by atoms with Crippen LogP contribution >= 0.6 is 15.6 Å². The molecule has 0 amide bonds. The second kappa shape index (κ2) is 73.3. The summed E-state index contributed by atoms with van der Waals surface area (Å²) in [7, 11) is -9.95. The zero-order valence-electron chi connectivity index (χ0n) is 63.1. The van der Waals surface area contributed by atoms with Crippen LogP contribution in [0.2, 0.25) is 0 Å². The summed E-state index contributed by atoms with van der Waals surface area (Å²) < 4.78 is 68.5. The normalized spacial score (nSPS) is 14.4. The molecule has 0 radical (unpaired) electrons. The Kier molecular flexibility index (Phi) is 70.4. The number of unbranched alkanes of at least 4 members (excludes halogenated alkanes) is 32. The standard InChI is InChI=1S/C81H142O17P2/c1-5-9-13-17-21-25-29-32-34-36-37-39-41-44-47-50-54-58-62-66-78(83)91-71-76(97-80(85)67-63-59-55-51-45-28-24-20-16-12-8-4)73-95-99(87,88)93-69-75(82)70-94-100(89,90)96-74-77(98-81(86)68-64-60-56-52-48-42-31-27-23-19-15-11-7-3)72-92-79(84)65-61-57-53-49-46-43-40-38-35-33-30-26-22-18-14-10-6-2/h9-10,13-14,21-22,25-27,31-35,37,39,75-77,82H,5-8,11-12,15-20,23-24,28-30,36,38,40-74H2,1-4H3,(H,87,88)(H,89,90)/b13-9-,14-10-,25-21-,26-22-,31-27-,34-32-,35-33-,39-37-. The molecule has 17 nitrogen and oxygen atoms in total. The molecule has 0 bridgehead atoms. The van der Waals surface area contributed by atoms with E-state index in [2.05, 4.69) is 125 Å². The van der Waals surface area contributed by atoms with Gasteiger partial charge in [0, 0.05) is 25.7 Å². The van der Waals surface area contributed by atoms with Gasteiger partial charge in [-0.3, -0.25) is 37.3 Å². The van der Waals surface area contributed by atoms with E-state index in [0.717, 1.165) is 193 Å². The summed E-state index contributed by atoms with van der Waals surface area (Å²) in [6.07, 6.45) is 76.7.